The Morgan fingerprint density at radius 2 is 1.69 bits per heavy atom. The number of amides is 4. The smallest absolute Gasteiger partial charge is 0.370 e. The maximum absolute atomic E-state index is 13.2. The Labute approximate surface area is 184 Å². The van der Waals surface area contributed by atoms with E-state index in [9.17, 15) is 27.6 Å². The van der Waals surface area contributed by atoms with Crippen LogP contribution in [-0.2, 0) is 15.8 Å². The van der Waals surface area contributed by atoms with Gasteiger partial charge in [-0.15, -0.1) is 0 Å². The van der Waals surface area contributed by atoms with Gasteiger partial charge in [0.15, 0.2) is 0 Å². The molecule has 1 aliphatic carbocycles. The maximum Gasteiger partial charge on any atom is 0.416 e. The van der Waals surface area contributed by atoms with Crippen LogP contribution < -0.4 is 15.5 Å². The Bertz CT molecular complexity index is 904. The van der Waals surface area contributed by atoms with Crippen LogP contribution in [0.15, 0.2) is 18.2 Å². The molecule has 1 aromatic rings. The Kier molecular flexibility index (Phi) is 6.05. The standard InChI is InChI=1S/C22H27F3N4O3/c23-22(24,25)15-7-8-17(28-11-5-6-12-28)16(13-15)26-18(30)14-29-19(31)21(27-20(29)32)9-3-1-2-4-10-21/h7-8,13H,1-6,9-12,14H2,(H,26,30)(H,27,32). The lowest BCUT2D eigenvalue weighted by molar-refractivity contribution is -0.137. The van der Waals surface area contributed by atoms with E-state index in [1.807, 2.05) is 4.90 Å². The van der Waals surface area contributed by atoms with Crippen molar-refractivity contribution in [1.29, 1.82) is 0 Å². The fourth-order valence-corrected chi connectivity index (χ4v) is 4.87. The van der Waals surface area contributed by atoms with Crippen LogP contribution in [-0.4, -0.2) is 47.9 Å². The van der Waals surface area contributed by atoms with E-state index >= 15 is 0 Å². The summed E-state index contributed by atoms with van der Waals surface area (Å²) < 4.78 is 39.7. The highest BCUT2D eigenvalue weighted by Crippen LogP contribution is 2.37. The van der Waals surface area contributed by atoms with E-state index in [2.05, 4.69) is 10.6 Å². The molecular formula is C22H27F3N4O3. The summed E-state index contributed by atoms with van der Waals surface area (Å²) in [6, 6.07) is 2.63. The number of urea groups is 1. The van der Waals surface area contributed by atoms with Crippen LogP contribution >= 0.6 is 0 Å². The van der Waals surface area contributed by atoms with Crippen LogP contribution in [0.3, 0.4) is 0 Å². The molecule has 1 aromatic carbocycles. The van der Waals surface area contributed by atoms with Gasteiger partial charge in [-0.05, 0) is 43.9 Å². The molecule has 2 aliphatic heterocycles. The minimum atomic E-state index is -4.56. The van der Waals surface area contributed by atoms with Crippen molar-refractivity contribution >= 4 is 29.2 Å². The molecule has 174 valence electrons. The number of hydrogen-bond donors (Lipinski definition) is 2. The number of alkyl halides is 3. The van der Waals surface area contributed by atoms with E-state index in [0.717, 1.165) is 55.6 Å². The molecule has 0 unspecified atom stereocenters. The molecule has 1 saturated carbocycles. The predicted octanol–water partition coefficient (Wildman–Crippen LogP) is 3.89. The SMILES string of the molecule is O=C(CN1C(=O)NC2(CCCCCC2)C1=O)Nc1cc(C(F)(F)F)ccc1N1CCCC1. The third-order valence-electron chi connectivity index (χ3n) is 6.55. The zero-order chi connectivity index (χ0) is 22.9. The average Bonchev–Trinajstić information content (AvgIpc) is 3.25. The Balaban J connectivity index is 1.52. The second-order valence-corrected chi connectivity index (χ2v) is 8.79. The molecule has 3 aliphatic rings. The lowest BCUT2D eigenvalue weighted by Gasteiger charge is -2.25. The van der Waals surface area contributed by atoms with Gasteiger partial charge >= 0.3 is 12.2 Å². The average molecular weight is 452 g/mol. The van der Waals surface area contributed by atoms with Crippen LogP contribution in [0.25, 0.3) is 0 Å². The first-order chi connectivity index (χ1) is 15.2. The predicted molar refractivity (Wildman–Crippen MR) is 112 cm³/mol. The number of nitrogens with zero attached hydrogens (tertiary/aromatic N) is 2. The summed E-state index contributed by atoms with van der Waals surface area (Å²) in [5.41, 5.74) is -1.31. The van der Waals surface area contributed by atoms with E-state index in [1.165, 1.54) is 6.07 Å². The normalized spacial score (nSPS) is 21.1. The number of anilines is 2. The van der Waals surface area contributed by atoms with Gasteiger partial charge in [-0.2, -0.15) is 13.2 Å². The van der Waals surface area contributed by atoms with Crippen LogP contribution in [0.2, 0.25) is 0 Å². The Morgan fingerprint density at radius 1 is 1.03 bits per heavy atom. The Morgan fingerprint density at radius 3 is 2.31 bits per heavy atom. The highest BCUT2D eigenvalue weighted by atomic mass is 19.4. The number of imide groups is 1. The van der Waals surface area contributed by atoms with E-state index in [1.54, 1.807) is 0 Å². The summed E-state index contributed by atoms with van der Waals surface area (Å²) in [7, 11) is 0. The summed E-state index contributed by atoms with van der Waals surface area (Å²) in [5.74, 6) is -1.14. The number of carbonyl (C=O) groups is 3. The van der Waals surface area contributed by atoms with Gasteiger partial charge in [-0.25, -0.2) is 4.79 Å². The van der Waals surface area contributed by atoms with Gasteiger partial charge in [0.05, 0.1) is 16.9 Å². The van der Waals surface area contributed by atoms with Gasteiger partial charge in [0.1, 0.15) is 12.1 Å². The first kappa shape index (κ1) is 22.4. The van der Waals surface area contributed by atoms with E-state index in [0.29, 0.717) is 31.6 Å². The fraction of sp³-hybridized carbons (Fsp3) is 0.591. The van der Waals surface area contributed by atoms with E-state index in [4.69, 9.17) is 0 Å². The fourth-order valence-electron chi connectivity index (χ4n) is 4.87. The number of carbonyl (C=O) groups excluding carboxylic acids is 3. The first-order valence-corrected chi connectivity index (χ1v) is 11.1. The number of hydrogen-bond acceptors (Lipinski definition) is 4. The minimum absolute atomic E-state index is 0.0305. The van der Waals surface area contributed by atoms with Gasteiger partial charge in [-0.3, -0.25) is 14.5 Å². The van der Waals surface area contributed by atoms with Crippen molar-refractivity contribution in [2.75, 3.05) is 29.9 Å². The molecule has 2 heterocycles. The lowest BCUT2D eigenvalue weighted by atomic mass is 9.90. The topological polar surface area (TPSA) is 81.8 Å². The van der Waals surface area contributed by atoms with Crippen molar-refractivity contribution in [3.05, 3.63) is 23.8 Å². The third-order valence-corrected chi connectivity index (χ3v) is 6.55. The molecular weight excluding hydrogens is 425 g/mol. The second-order valence-electron chi connectivity index (χ2n) is 8.79. The van der Waals surface area contributed by atoms with Crippen molar-refractivity contribution in [3.63, 3.8) is 0 Å². The van der Waals surface area contributed by atoms with Crippen molar-refractivity contribution in [2.24, 2.45) is 0 Å². The van der Waals surface area contributed by atoms with Gasteiger partial charge in [0.2, 0.25) is 5.91 Å². The lowest BCUT2D eigenvalue weighted by Crippen LogP contribution is -2.47. The number of benzene rings is 1. The van der Waals surface area contributed by atoms with Crippen molar-refractivity contribution in [2.45, 2.75) is 63.1 Å². The van der Waals surface area contributed by atoms with Crippen LogP contribution in [0, 0.1) is 0 Å². The highest BCUT2D eigenvalue weighted by Gasteiger charge is 2.51. The largest absolute Gasteiger partial charge is 0.416 e. The number of nitrogens with one attached hydrogen (secondary N) is 2. The molecule has 2 saturated heterocycles. The van der Waals surface area contributed by atoms with Gasteiger partial charge < -0.3 is 15.5 Å². The zero-order valence-corrected chi connectivity index (χ0v) is 17.8. The summed E-state index contributed by atoms with van der Waals surface area (Å²) in [5, 5.41) is 5.28. The van der Waals surface area contributed by atoms with E-state index < -0.39 is 41.7 Å². The Hall–Kier alpha value is -2.78. The molecule has 10 heteroatoms. The highest BCUT2D eigenvalue weighted by molar-refractivity contribution is 6.10. The van der Waals surface area contributed by atoms with Crippen molar-refractivity contribution < 1.29 is 27.6 Å². The first-order valence-electron chi connectivity index (χ1n) is 11.1. The number of rotatable bonds is 4. The van der Waals surface area contributed by atoms with Crippen molar-refractivity contribution in [3.8, 4) is 0 Å². The summed E-state index contributed by atoms with van der Waals surface area (Å²) >= 11 is 0. The molecule has 0 aromatic heterocycles. The zero-order valence-electron chi connectivity index (χ0n) is 17.8. The molecule has 32 heavy (non-hydrogen) atoms. The summed E-state index contributed by atoms with van der Waals surface area (Å²) in [4.78, 5) is 41.0. The molecule has 0 atom stereocenters. The van der Waals surface area contributed by atoms with Crippen LogP contribution in [0.1, 0.15) is 56.9 Å². The molecule has 7 nitrogen and oxygen atoms in total. The van der Waals surface area contributed by atoms with Crippen LogP contribution in [0.5, 0.6) is 0 Å². The van der Waals surface area contributed by atoms with Crippen molar-refractivity contribution in [1.82, 2.24) is 10.2 Å². The molecule has 4 rings (SSSR count). The van der Waals surface area contributed by atoms with E-state index in [-0.39, 0.29) is 5.69 Å². The maximum atomic E-state index is 13.2. The van der Waals surface area contributed by atoms with Crippen LogP contribution in [0.4, 0.5) is 29.3 Å². The molecule has 1 spiro atoms. The minimum Gasteiger partial charge on any atom is -0.370 e. The second kappa shape index (κ2) is 8.63. The monoisotopic (exact) mass is 452 g/mol. The summed E-state index contributed by atoms with van der Waals surface area (Å²) in [6.45, 7) is 0.829. The van der Waals surface area contributed by atoms with Gasteiger partial charge in [0, 0.05) is 13.1 Å². The third kappa shape index (κ3) is 4.40. The molecule has 0 bridgehead atoms. The quantitative estimate of drug-likeness (QED) is 0.680. The molecule has 3 fully saturated rings. The van der Waals surface area contributed by atoms with Gasteiger partial charge in [-0.1, -0.05) is 25.7 Å². The van der Waals surface area contributed by atoms with Gasteiger partial charge in [0.25, 0.3) is 5.91 Å². The number of halogens is 3. The summed E-state index contributed by atoms with van der Waals surface area (Å²) in [6.07, 6.45) is 1.94. The molecule has 2 N–H and O–H groups in total. The molecule has 4 amide bonds. The molecule has 0 radical (unpaired) electrons.